The number of nitro groups is 1. The third-order valence-corrected chi connectivity index (χ3v) is 2.58. The summed E-state index contributed by atoms with van der Waals surface area (Å²) in [5.74, 6) is -0.442. The highest BCUT2D eigenvalue weighted by atomic mass is 35.5. The smallest absolute Gasteiger partial charge is 0.312 e. The number of ketones is 1. The first-order valence-electron chi connectivity index (χ1n) is 5.22. The van der Waals surface area contributed by atoms with E-state index in [1.165, 1.54) is 30.5 Å². The molecule has 0 aliphatic rings. The number of hydrogen-bond acceptors (Lipinski definition) is 5. The zero-order valence-corrected chi connectivity index (χ0v) is 10.3. The van der Waals surface area contributed by atoms with E-state index in [-0.39, 0.29) is 22.2 Å². The molecule has 2 rings (SSSR count). The summed E-state index contributed by atoms with van der Waals surface area (Å²) in [5, 5.41) is 10.9. The molecule has 0 N–H and O–H groups in total. The maximum absolute atomic E-state index is 11.6. The van der Waals surface area contributed by atoms with Gasteiger partial charge in [-0.2, -0.15) is 0 Å². The molecule has 0 amide bonds. The van der Waals surface area contributed by atoms with Crippen molar-refractivity contribution in [1.82, 2.24) is 0 Å². The average Bonchev–Trinajstić information content (AvgIpc) is 2.90. The Bertz CT molecular complexity index is 609. The van der Waals surface area contributed by atoms with Crippen molar-refractivity contribution in [1.29, 1.82) is 0 Å². The predicted octanol–water partition coefficient (Wildman–Crippen LogP) is 3.10. The van der Waals surface area contributed by atoms with Crippen molar-refractivity contribution in [2.45, 2.75) is 0 Å². The number of hydrogen-bond donors (Lipinski definition) is 0. The SMILES string of the molecule is O=C(COc1c(Cl)cccc1[N+](=O)[O-])c1ccco1. The summed E-state index contributed by atoms with van der Waals surface area (Å²) in [6.45, 7) is -0.391. The summed E-state index contributed by atoms with van der Waals surface area (Å²) >= 11 is 5.82. The van der Waals surface area contributed by atoms with Gasteiger partial charge in [-0.1, -0.05) is 17.7 Å². The Morgan fingerprint density at radius 1 is 1.37 bits per heavy atom. The van der Waals surface area contributed by atoms with Gasteiger partial charge in [-0.25, -0.2) is 0 Å². The van der Waals surface area contributed by atoms with Gasteiger partial charge in [0.05, 0.1) is 16.2 Å². The number of halogens is 1. The van der Waals surface area contributed by atoms with Gasteiger partial charge in [0.25, 0.3) is 0 Å². The van der Waals surface area contributed by atoms with Gasteiger partial charge in [0.1, 0.15) is 0 Å². The van der Waals surface area contributed by atoms with Crippen LogP contribution >= 0.6 is 11.6 Å². The highest BCUT2D eigenvalue weighted by Crippen LogP contribution is 2.34. The quantitative estimate of drug-likeness (QED) is 0.478. The van der Waals surface area contributed by atoms with Gasteiger partial charge in [-0.05, 0) is 18.2 Å². The molecule has 0 radical (unpaired) electrons. The Hall–Kier alpha value is -2.34. The largest absolute Gasteiger partial charge is 0.477 e. The van der Waals surface area contributed by atoms with E-state index in [0.29, 0.717) is 0 Å². The molecule has 0 atom stereocenters. The molecule has 2 aromatic rings. The fourth-order valence-electron chi connectivity index (χ4n) is 1.43. The number of benzene rings is 1. The van der Waals surface area contributed by atoms with Gasteiger partial charge in [0, 0.05) is 6.07 Å². The first kappa shape index (κ1) is 13.1. The molecule has 0 saturated heterocycles. The molecule has 0 aliphatic heterocycles. The monoisotopic (exact) mass is 281 g/mol. The topological polar surface area (TPSA) is 82.6 Å². The highest BCUT2D eigenvalue weighted by Gasteiger charge is 2.20. The number of nitro benzene ring substituents is 1. The Balaban J connectivity index is 2.16. The molecule has 1 heterocycles. The molecule has 19 heavy (non-hydrogen) atoms. The zero-order chi connectivity index (χ0) is 13.8. The lowest BCUT2D eigenvalue weighted by atomic mass is 10.3. The normalized spacial score (nSPS) is 10.2. The van der Waals surface area contributed by atoms with Crippen molar-refractivity contribution < 1.29 is 18.9 Å². The van der Waals surface area contributed by atoms with Gasteiger partial charge in [-0.3, -0.25) is 14.9 Å². The van der Waals surface area contributed by atoms with Gasteiger partial charge in [0.15, 0.2) is 12.4 Å². The Labute approximate surface area is 112 Å². The lowest BCUT2D eigenvalue weighted by Gasteiger charge is -2.06. The summed E-state index contributed by atoms with van der Waals surface area (Å²) in [7, 11) is 0. The Kier molecular flexibility index (Phi) is 3.82. The van der Waals surface area contributed by atoms with Crippen molar-refractivity contribution in [3.05, 3.63) is 57.5 Å². The summed E-state index contributed by atoms with van der Waals surface area (Å²) in [5.41, 5.74) is -0.292. The number of furan rings is 1. The standard InChI is InChI=1S/C12H8ClNO5/c13-8-3-1-4-9(14(16)17)12(8)19-7-10(15)11-5-2-6-18-11/h1-6H,7H2. The van der Waals surface area contributed by atoms with E-state index in [2.05, 4.69) is 0 Å². The Morgan fingerprint density at radius 2 is 2.16 bits per heavy atom. The van der Waals surface area contributed by atoms with Gasteiger partial charge < -0.3 is 9.15 Å². The molecule has 98 valence electrons. The van der Waals surface area contributed by atoms with Crippen molar-refractivity contribution in [3.8, 4) is 5.75 Å². The third-order valence-electron chi connectivity index (χ3n) is 2.29. The van der Waals surface area contributed by atoms with Crippen molar-refractivity contribution in [3.63, 3.8) is 0 Å². The van der Waals surface area contributed by atoms with Crippen LogP contribution in [-0.4, -0.2) is 17.3 Å². The van der Waals surface area contributed by atoms with E-state index in [0.717, 1.165) is 0 Å². The van der Waals surface area contributed by atoms with Crippen LogP contribution in [0.15, 0.2) is 41.0 Å². The molecular formula is C12H8ClNO5. The summed E-state index contributed by atoms with van der Waals surface area (Å²) < 4.78 is 10.0. The third kappa shape index (κ3) is 2.92. The van der Waals surface area contributed by atoms with Gasteiger partial charge in [-0.15, -0.1) is 0 Å². The average molecular weight is 282 g/mol. The molecule has 7 heteroatoms. The Morgan fingerprint density at radius 3 is 2.79 bits per heavy atom. The second-order valence-electron chi connectivity index (χ2n) is 3.53. The minimum absolute atomic E-state index is 0.0708. The maximum Gasteiger partial charge on any atom is 0.312 e. The number of carbonyl (C=O) groups excluding carboxylic acids is 1. The number of carbonyl (C=O) groups is 1. The molecule has 0 spiro atoms. The number of ether oxygens (including phenoxy) is 1. The molecule has 0 aliphatic carbocycles. The first-order chi connectivity index (χ1) is 9.09. The van der Waals surface area contributed by atoms with E-state index in [4.69, 9.17) is 20.8 Å². The molecule has 0 unspecified atom stereocenters. The lowest BCUT2D eigenvalue weighted by molar-refractivity contribution is -0.385. The molecule has 0 bridgehead atoms. The summed E-state index contributed by atoms with van der Waals surface area (Å²) in [6, 6.07) is 7.17. The maximum atomic E-state index is 11.6. The molecule has 0 saturated carbocycles. The second-order valence-corrected chi connectivity index (χ2v) is 3.94. The molecule has 0 fully saturated rings. The molecule has 1 aromatic heterocycles. The van der Waals surface area contributed by atoms with E-state index in [1.54, 1.807) is 6.07 Å². The minimum atomic E-state index is -0.626. The minimum Gasteiger partial charge on any atom is -0.477 e. The van der Waals surface area contributed by atoms with Crippen LogP contribution in [0.1, 0.15) is 10.6 Å². The van der Waals surface area contributed by atoms with Crippen LogP contribution in [0, 0.1) is 10.1 Å². The number of para-hydroxylation sites is 1. The fraction of sp³-hybridized carbons (Fsp3) is 0.0833. The second kappa shape index (κ2) is 5.53. The van der Waals surface area contributed by atoms with E-state index in [9.17, 15) is 14.9 Å². The van der Waals surface area contributed by atoms with Crippen LogP contribution in [0.25, 0.3) is 0 Å². The molecule has 1 aromatic carbocycles. The predicted molar refractivity (Wildman–Crippen MR) is 66.6 cm³/mol. The van der Waals surface area contributed by atoms with Gasteiger partial charge in [0.2, 0.25) is 11.5 Å². The summed E-state index contributed by atoms with van der Waals surface area (Å²) in [4.78, 5) is 21.8. The number of Topliss-reactive ketones (excluding diaryl/α,β-unsaturated/α-hetero) is 1. The van der Waals surface area contributed by atoms with Crippen molar-refractivity contribution in [2.24, 2.45) is 0 Å². The summed E-state index contributed by atoms with van der Waals surface area (Å²) in [6.07, 6.45) is 1.35. The number of nitrogens with zero attached hydrogens (tertiary/aromatic N) is 1. The zero-order valence-electron chi connectivity index (χ0n) is 9.54. The van der Waals surface area contributed by atoms with E-state index >= 15 is 0 Å². The first-order valence-corrected chi connectivity index (χ1v) is 5.60. The van der Waals surface area contributed by atoms with Crippen LogP contribution in [0.5, 0.6) is 5.75 Å². The van der Waals surface area contributed by atoms with Crippen molar-refractivity contribution in [2.75, 3.05) is 6.61 Å². The van der Waals surface area contributed by atoms with Crippen LogP contribution < -0.4 is 4.74 Å². The number of rotatable bonds is 5. The fourth-order valence-corrected chi connectivity index (χ4v) is 1.65. The lowest BCUT2D eigenvalue weighted by Crippen LogP contribution is -2.11. The van der Waals surface area contributed by atoms with E-state index in [1.807, 2.05) is 0 Å². The van der Waals surface area contributed by atoms with Crippen molar-refractivity contribution >= 4 is 23.1 Å². The molecule has 6 nitrogen and oxygen atoms in total. The van der Waals surface area contributed by atoms with Crippen LogP contribution in [0.3, 0.4) is 0 Å². The molecular weight excluding hydrogens is 274 g/mol. The van der Waals surface area contributed by atoms with Crippen LogP contribution in [0.4, 0.5) is 5.69 Å². The van der Waals surface area contributed by atoms with Gasteiger partial charge >= 0.3 is 5.69 Å². The van der Waals surface area contributed by atoms with Crippen LogP contribution in [0.2, 0.25) is 5.02 Å². The van der Waals surface area contributed by atoms with E-state index < -0.39 is 17.3 Å². The highest BCUT2D eigenvalue weighted by molar-refractivity contribution is 6.32. The van der Waals surface area contributed by atoms with Crippen LogP contribution in [-0.2, 0) is 0 Å².